The van der Waals surface area contributed by atoms with Gasteiger partial charge in [0.1, 0.15) is 0 Å². The number of imidazole rings is 1. The molecule has 8 heteroatoms. The normalized spacial score (nSPS) is 10.8. The third kappa shape index (κ3) is 5.68. The number of benzene rings is 2. The van der Waals surface area contributed by atoms with Gasteiger partial charge in [0, 0.05) is 47.8 Å². The fourth-order valence-corrected chi connectivity index (χ4v) is 5.17. The van der Waals surface area contributed by atoms with Crippen molar-refractivity contribution < 1.29 is 4.79 Å². The molecule has 0 atom stereocenters. The second-order valence-corrected chi connectivity index (χ2v) is 9.82. The van der Waals surface area contributed by atoms with Gasteiger partial charge in [-0.25, -0.2) is 9.83 Å². The van der Waals surface area contributed by atoms with Crippen molar-refractivity contribution in [2.75, 3.05) is 16.8 Å². The number of amides is 1. The first-order valence-electron chi connectivity index (χ1n) is 12.1. The number of carbonyl (C=O) groups excluding carboxylic acids is 1. The third-order valence-electron chi connectivity index (χ3n) is 6.09. The minimum absolute atomic E-state index is 0.118. The topological polar surface area (TPSA) is 67.4 Å². The van der Waals surface area contributed by atoms with E-state index < -0.39 is 0 Å². The molecule has 0 fully saturated rings. The van der Waals surface area contributed by atoms with Crippen LogP contribution in [-0.2, 0) is 13.1 Å². The Balaban J connectivity index is 1.34. The standard InChI is InChI=1S/C29H26N6OS/c1-3-14-34(19-26-17-32-20-35(26)18-21-4-6-23(30-2)7-5-21)25-8-9-27-22(15-25)16-28(37-27)29(36)33-24-10-12-31-13-11-24/h4-13,15-17,20H,3,14,18-19H2,1H3,(H,31,33,36). The zero-order valence-electron chi connectivity index (χ0n) is 20.5. The summed E-state index contributed by atoms with van der Waals surface area (Å²) >= 11 is 1.49. The molecule has 37 heavy (non-hydrogen) atoms. The highest BCUT2D eigenvalue weighted by Crippen LogP contribution is 2.31. The Morgan fingerprint density at radius 1 is 1.08 bits per heavy atom. The van der Waals surface area contributed by atoms with Crippen molar-refractivity contribution in [3.8, 4) is 0 Å². The summed E-state index contributed by atoms with van der Waals surface area (Å²) in [6.45, 7) is 11.6. The summed E-state index contributed by atoms with van der Waals surface area (Å²) < 4.78 is 3.23. The van der Waals surface area contributed by atoms with Crippen LogP contribution in [0.4, 0.5) is 17.1 Å². The molecule has 5 rings (SSSR count). The van der Waals surface area contributed by atoms with Crippen LogP contribution in [0.5, 0.6) is 0 Å². The van der Waals surface area contributed by atoms with Crippen LogP contribution in [0.3, 0.4) is 0 Å². The third-order valence-corrected chi connectivity index (χ3v) is 7.21. The van der Waals surface area contributed by atoms with Crippen LogP contribution in [0, 0.1) is 6.57 Å². The molecule has 2 aromatic carbocycles. The molecule has 0 unspecified atom stereocenters. The van der Waals surface area contributed by atoms with E-state index in [0.29, 0.717) is 17.1 Å². The second-order valence-electron chi connectivity index (χ2n) is 8.74. The van der Waals surface area contributed by atoms with Crippen molar-refractivity contribution in [3.63, 3.8) is 0 Å². The molecule has 0 aliphatic heterocycles. The molecule has 184 valence electrons. The van der Waals surface area contributed by atoms with E-state index in [1.54, 1.807) is 24.5 Å². The van der Waals surface area contributed by atoms with Gasteiger partial charge in [-0.3, -0.25) is 9.78 Å². The summed E-state index contributed by atoms with van der Waals surface area (Å²) in [6, 6.07) is 19.6. The quantitative estimate of drug-likeness (QED) is 0.224. The molecule has 0 radical (unpaired) electrons. The minimum Gasteiger partial charge on any atom is -0.366 e. The predicted octanol–water partition coefficient (Wildman–Crippen LogP) is 6.76. The smallest absolute Gasteiger partial charge is 0.265 e. The van der Waals surface area contributed by atoms with Gasteiger partial charge in [0.2, 0.25) is 0 Å². The van der Waals surface area contributed by atoms with Crippen LogP contribution < -0.4 is 10.2 Å². The molecule has 0 aliphatic carbocycles. The summed E-state index contributed by atoms with van der Waals surface area (Å²) in [6.07, 6.45) is 8.10. The van der Waals surface area contributed by atoms with Gasteiger partial charge in [-0.2, -0.15) is 0 Å². The number of thiophene rings is 1. The summed E-state index contributed by atoms with van der Waals surface area (Å²) in [5.74, 6) is -0.118. The molecule has 0 aliphatic rings. The number of anilines is 2. The molecule has 3 heterocycles. The van der Waals surface area contributed by atoms with Crippen LogP contribution in [-0.4, -0.2) is 27.0 Å². The number of nitrogens with zero attached hydrogens (tertiary/aromatic N) is 5. The Kier molecular flexibility index (Phi) is 7.24. The van der Waals surface area contributed by atoms with Crippen molar-refractivity contribution in [1.82, 2.24) is 14.5 Å². The average molecular weight is 507 g/mol. The Morgan fingerprint density at radius 2 is 1.89 bits per heavy atom. The number of carbonyl (C=O) groups is 1. The van der Waals surface area contributed by atoms with Gasteiger partial charge in [0.05, 0.1) is 30.0 Å². The van der Waals surface area contributed by atoms with Crippen LogP contribution >= 0.6 is 11.3 Å². The molecular weight excluding hydrogens is 480 g/mol. The Labute approximate surface area is 219 Å². The predicted molar refractivity (Wildman–Crippen MR) is 149 cm³/mol. The van der Waals surface area contributed by atoms with Crippen molar-refractivity contribution in [2.24, 2.45) is 0 Å². The number of hydrogen-bond acceptors (Lipinski definition) is 5. The lowest BCUT2D eigenvalue weighted by Gasteiger charge is -2.25. The maximum atomic E-state index is 12.8. The fraction of sp³-hybridized carbons (Fsp3) is 0.172. The van der Waals surface area contributed by atoms with E-state index in [0.717, 1.165) is 52.2 Å². The molecule has 0 spiro atoms. The molecule has 0 saturated carbocycles. The van der Waals surface area contributed by atoms with Crippen LogP contribution in [0.2, 0.25) is 0 Å². The van der Waals surface area contributed by atoms with Crippen molar-refractivity contribution in [2.45, 2.75) is 26.4 Å². The SMILES string of the molecule is [C-]#[N+]c1ccc(Cn2cncc2CN(CCC)c2ccc3sc(C(=O)Nc4ccncc4)cc3c2)cc1. The number of nitrogens with one attached hydrogen (secondary N) is 1. The summed E-state index contributed by atoms with van der Waals surface area (Å²) in [7, 11) is 0. The maximum Gasteiger partial charge on any atom is 0.265 e. The summed E-state index contributed by atoms with van der Waals surface area (Å²) in [5.41, 5.74) is 4.73. The van der Waals surface area contributed by atoms with E-state index in [2.05, 4.69) is 54.7 Å². The zero-order valence-corrected chi connectivity index (χ0v) is 21.3. The number of pyridine rings is 1. The Hall–Kier alpha value is -4.48. The first-order chi connectivity index (χ1) is 18.1. The van der Waals surface area contributed by atoms with Gasteiger partial charge in [-0.15, -0.1) is 11.3 Å². The van der Waals surface area contributed by atoms with Gasteiger partial charge in [-0.1, -0.05) is 31.2 Å². The lowest BCUT2D eigenvalue weighted by Crippen LogP contribution is -2.25. The van der Waals surface area contributed by atoms with Gasteiger partial charge in [-0.05, 0) is 53.8 Å². The van der Waals surface area contributed by atoms with Crippen LogP contribution in [0.1, 0.15) is 34.3 Å². The van der Waals surface area contributed by atoms with E-state index in [4.69, 9.17) is 6.57 Å². The van der Waals surface area contributed by atoms with E-state index in [-0.39, 0.29) is 5.91 Å². The lowest BCUT2D eigenvalue weighted by atomic mass is 10.2. The molecule has 7 nitrogen and oxygen atoms in total. The average Bonchev–Trinajstić information content (AvgIpc) is 3.56. The Morgan fingerprint density at radius 3 is 2.65 bits per heavy atom. The maximum absolute atomic E-state index is 12.8. The van der Waals surface area contributed by atoms with Crippen molar-refractivity contribution in [1.29, 1.82) is 0 Å². The number of rotatable bonds is 9. The van der Waals surface area contributed by atoms with E-state index in [1.165, 1.54) is 11.3 Å². The largest absolute Gasteiger partial charge is 0.366 e. The van der Waals surface area contributed by atoms with Gasteiger partial charge in [0.25, 0.3) is 5.91 Å². The highest BCUT2D eigenvalue weighted by atomic mass is 32.1. The molecular formula is C29H26N6OS. The molecule has 3 aromatic heterocycles. The van der Waals surface area contributed by atoms with Crippen LogP contribution in [0.15, 0.2) is 85.6 Å². The fourth-order valence-electron chi connectivity index (χ4n) is 4.23. The first-order valence-corrected chi connectivity index (χ1v) is 12.9. The molecule has 0 saturated heterocycles. The summed E-state index contributed by atoms with van der Waals surface area (Å²) in [5, 5.41) is 3.99. The molecule has 1 amide bonds. The highest BCUT2D eigenvalue weighted by Gasteiger charge is 2.15. The van der Waals surface area contributed by atoms with Gasteiger partial charge >= 0.3 is 0 Å². The van der Waals surface area contributed by atoms with Gasteiger partial charge in [0.15, 0.2) is 5.69 Å². The van der Waals surface area contributed by atoms with Crippen molar-refractivity contribution in [3.05, 3.63) is 113 Å². The van der Waals surface area contributed by atoms with Gasteiger partial charge < -0.3 is 14.8 Å². The van der Waals surface area contributed by atoms with E-state index >= 15 is 0 Å². The molecule has 5 aromatic rings. The number of aromatic nitrogens is 3. The summed E-state index contributed by atoms with van der Waals surface area (Å²) in [4.78, 5) is 27.7. The monoisotopic (exact) mass is 506 g/mol. The first kappa shape index (κ1) is 24.2. The number of fused-ring (bicyclic) bond motifs is 1. The molecule has 1 N–H and O–H groups in total. The highest BCUT2D eigenvalue weighted by molar-refractivity contribution is 7.20. The van der Waals surface area contributed by atoms with Crippen molar-refractivity contribution >= 4 is 44.4 Å². The Bertz CT molecular complexity index is 1550. The minimum atomic E-state index is -0.118. The lowest BCUT2D eigenvalue weighted by molar-refractivity contribution is 0.103. The number of hydrogen-bond donors (Lipinski definition) is 1. The van der Waals surface area contributed by atoms with Crippen LogP contribution in [0.25, 0.3) is 14.9 Å². The van der Waals surface area contributed by atoms with E-state index in [9.17, 15) is 4.79 Å². The molecule has 0 bridgehead atoms. The zero-order chi connectivity index (χ0) is 25.6. The second kappa shape index (κ2) is 11.1. The van der Waals surface area contributed by atoms with E-state index in [1.807, 2.05) is 42.9 Å².